The third kappa shape index (κ3) is 6.58. The third-order valence-electron chi connectivity index (χ3n) is 2.30. The zero-order chi connectivity index (χ0) is 14.5. The molecule has 0 bridgehead atoms. The molecule has 1 aromatic carbocycles. The molecule has 19 heavy (non-hydrogen) atoms. The number of amides is 1. The number of likely N-dealkylation sites (N-methyl/N-ethyl adjacent to an activating group) is 1. The van der Waals surface area contributed by atoms with Crippen LogP contribution in [0.5, 0.6) is 0 Å². The number of carbonyl (C=O) groups excluding carboxylic acids is 1. The van der Waals surface area contributed by atoms with Crippen molar-refractivity contribution in [1.29, 1.82) is 0 Å². The number of nitrogens with one attached hydrogen (secondary N) is 1. The number of hydrogen-bond donors (Lipinski definition) is 1. The van der Waals surface area contributed by atoms with Gasteiger partial charge in [-0.25, -0.2) is 0 Å². The van der Waals surface area contributed by atoms with E-state index in [4.69, 9.17) is 0 Å². The fourth-order valence-corrected chi connectivity index (χ4v) is 1.88. The molecule has 0 aliphatic rings. The molecule has 0 saturated heterocycles. The van der Waals surface area contributed by atoms with Crippen LogP contribution in [-0.4, -0.2) is 37.1 Å². The van der Waals surface area contributed by atoms with Crippen LogP contribution in [0.25, 0.3) is 0 Å². The Balaban J connectivity index is 2.41. The molecule has 0 heterocycles. The summed E-state index contributed by atoms with van der Waals surface area (Å²) in [6, 6.07) is 7.47. The summed E-state index contributed by atoms with van der Waals surface area (Å²) in [7, 11) is 1.67. The molecule has 3 nitrogen and oxygen atoms in total. The minimum atomic E-state index is -4.38. The average molecular weight is 339 g/mol. The number of rotatable bonds is 5. The minimum absolute atomic E-state index is 0.0859. The summed E-state index contributed by atoms with van der Waals surface area (Å²) in [5.74, 6) is -0.646. The van der Waals surface area contributed by atoms with Crippen molar-refractivity contribution in [2.75, 3.05) is 20.1 Å². The maximum Gasteiger partial charge on any atom is 0.405 e. The Morgan fingerprint density at radius 2 is 2.00 bits per heavy atom. The van der Waals surface area contributed by atoms with Crippen LogP contribution in [0.15, 0.2) is 28.7 Å². The zero-order valence-corrected chi connectivity index (χ0v) is 11.9. The lowest BCUT2D eigenvalue weighted by Crippen LogP contribution is -2.39. The number of nitrogens with zero attached hydrogens (tertiary/aromatic N) is 1. The molecular weight excluding hydrogens is 325 g/mol. The van der Waals surface area contributed by atoms with E-state index >= 15 is 0 Å². The predicted molar refractivity (Wildman–Crippen MR) is 69.5 cm³/mol. The topological polar surface area (TPSA) is 32.3 Å². The van der Waals surface area contributed by atoms with Crippen molar-refractivity contribution in [3.05, 3.63) is 34.3 Å². The van der Waals surface area contributed by atoms with Crippen LogP contribution in [0, 0.1) is 0 Å². The Hall–Kier alpha value is -1.08. The molecule has 1 aromatic rings. The van der Waals surface area contributed by atoms with Gasteiger partial charge in [0, 0.05) is 11.0 Å². The molecule has 0 fully saturated rings. The highest BCUT2D eigenvalue weighted by atomic mass is 79.9. The lowest BCUT2D eigenvalue weighted by Gasteiger charge is -2.17. The van der Waals surface area contributed by atoms with Crippen molar-refractivity contribution in [1.82, 2.24) is 10.2 Å². The molecule has 0 aliphatic heterocycles. The first-order chi connectivity index (χ1) is 8.78. The monoisotopic (exact) mass is 338 g/mol. The molecule has 0 aliphatic carbocycles. The van der Waals surface area contributed by atoms with Gasteiger partial charge >= 0.3 is 6.18 Å². The molecule has 0 unspecified atom stereocenters. The second-order valence-corrected chi connectivity index (χ2v) is 5.01. The van der Waals surface area contributed by atoms with Crippen LogP contribution in [-0.2, 0) is 11.3 Å². The van der Waals surface area contributed by atoms with Crippen LogP contribution >= 0.6 is 15.9 Å². The van der Waals surface area contributed by atoms with E-state index in [1.807, 2.05) is 29.6 Å². The molecule has 7 heteroatoms. The molecule has 0 atom stereocenters. The smallest absolute Gasteiger partial charge is 0.346 e. The van der Waals surface area contributed by atoms with Gasteiger partial charge in [0.05, 0.1) is 6.54 Å². The van der Waals surface area contributed by atoms with Crippen LogP contribution in [0.2, 0.25) is 0 Å². The Morgan fingerprint density at radius 1 is 1.37 bits per heavy atom. The first-order valence-electron chi connectivity index (χ1n) is 5.53. The number of benzene rings is 1. The normalized spacial score (nSPS) is 11.7. The summed E-state index contributed by atoms with van der Waals surface area (Å²) >= 11 is 3.37. The van der Waals surface area contributed by atoms with E-state index in [1.165, 1.54) is 0 Å². The SMILES string of the molecule is CN(CC(=O)NCC(F)(F)F)Cc1ccccc1Br. The first-order valence-corrected chi connectivity index (χ1v) is 6.32. The molecule has 106 valence electrons. The molecule has 1 rings (SSSR count). The Labute approximate surface area is 117 Å². The second kappa shape index (κ2) is 6.91. The zero-order valence-electron chi connectivity index (χ0n) is 10.3. The molecular formula is C12H14BrF3N2O. The lowest BCUT2D eigenvalue weighted by molar-refractivity contribution is -0.138. The quantitative estimate of drug-likeness (QED) is 0.894. The fraction of sp³-hybridized carbons (Fsp3) is 0.417. The van der Waals surface area contributed by atoms with E-state index in [0.29, 0.717) is 6.54 Å². The first kappa shape index (κ1) is 16.0. The van der Waals surface area contributed by atoms with E-state index in [-0.39, 0.29) is 6.54 Å². The van der Waals surface area contributed by atoms with Crippen LogP contribution in [0.4, 0.5) is 13.2 Å². The predicted octanol–water partition coefficient (Wildman–Crippen LogP) is 2.56. The summed E-state index contributed by atoms with van der Waals surface area (Å²) in [5.41, 5.74) is 0.966. The van der Waals surface area contributed by atoms with E-state index in [1.54, 1.807) is 11.9 Å². The number of alkyl halides is 3. The Kier molecular flexibility index (Phi) is 5.81. The minimum Gasteiger partial charge on any atom is -0.346 e. The maximum atomic E-state index is 11.9. The van der Waals surface area contributed by atoms with Crippen molar-refractivity contribution in [3.8, 4) is 0 Å². The average Bonchev–Trinajstić information content (AvgIpc) is 2.29. The molecule has 0 aromatic heterocycles. The van der Waals surface area contributed by atoms with Gasteiger partial charge in [0.25, 0.3) is 0 Å². The Bertz CT molecular complexity index is 437. The molecule has 1 N–H and O–H groups in total. The highest BCUT2D eigenvalue weighted by Crippen LogP contribution is 2.17. The summed E-state index contributed by atoms with van der Waals surface area (Å²) < 4.78 is 36.7. The van der Waals surface area contributed by atoms with E-state index in [2.05, 4.69) is 15.9 Å². The highest BCUT2D eigenvalue weighted by molar-refractivity contribution is 9.10. The molecule has 1 amide bonds. The third-order valence-corrected chi connectivity index (χ3v) is 3.07. The summed E-state index contributed by atoms with van der Waals surface area (Å²) in [5, 5.41) is 1.84. The van der Waals surface area contributed by atoms with Gasteiger partial charge in [0.1, 0.15) is 6.54 Å². The van der Waals surface area contributed by atoms with Crippen LogP contribution in [0.1, 0.15) is 5.56 Å². The summed E-state index contributed by atoms with van der Waals surface area (Å²) in [6.07, 6.45) is -4.38. The van der Waals surface area contributed by atoms with Gasteiger partial charge < -0.3 is 5.32 Å². The summed E-state index contributed by atoms with van der Waals surface area (Å²) in [6.45, 7) is -0.910. The van der Waals surface area contributed by atoms with Crippen LogP contribution in [0.3, 0.4) is 0 Å². The second-order valence-electron chi connectivity index (χ2n) is 4.16. The fourth-order valence-electron chi connectivity index (χ4n) is 1.47. The largest absolute Gasteiger partial charge is 0.405 e. The van der Waals surface area contributed by atoms with Crippen molar-refractivity contribution in [2.24, 2.45) is 0 Å². The van der Waals surface area contributed by atoms with Crippen LogP contribution < -0.4 is 5.32 Å². The van der Waals surface area contributed by atoms with Gasteiger partial charge in [-0.15, -0.1) is 0 Å². The van der Waals surface area contributed by atoms with E-state index in [0.717, 1.165) is 10.0 Å². The van der Waals surface area contributed by atoms with Gasteiger partial charge in [0.2, 0.25) is 5.91 Å². The number of halogens is 4. The Morgan fingerprint density at radius 3 is 2.58 bits per heavy atom. The highest BCUT2D eigenvalue weighted by Gasteiger charge is 2.27. The van der Waals surface area contributed by atoms with Gasteiger partial charge in [-0.3, -0.25) is 9.69 Å². The van der Waals surface area contributed by atoms with Crippen molar-refractivity contribution in [3.63, 3.8) is 0 Å². The van der Waals surface area contributed by atoms with Gasteiger partial charge in [-0.05, 0) is 18.7 Å². The number of carbonyl (C=O) groups is 1. The molecule has 0 saturated carbocycles. The van der Waals surface area contributed by atoms with Gasteiger partial charge in [-0.1, -0.05) is 34.1 Å². The number of hydrogen-bond acceptors (Lipinski definition) is 2. The van der Waals surface area contributed by atoms with Gasteiger partial charge in [0.15, 0.2) is 0 Å². The van der Waals surface area contributed by atoms with E-state index < -0.39 is 18.6 Å². The van der Waals surface area contributed by atoms with Crippen molar-refractivity contribution < 1.29 is 18.0 Å². The summed E-state index contributed by atoms with van der Waals surface area (Å²) in [4.78, 5) is 13.0. The van der Waals surface area contributed by atoms with Crippen molar-refractivity contribution in [2.45, 2.75) is 12.7 Å². The standard InChI is InChI=1S/C12H14BrF3N2O/c1-18(6-9-4-2-3-5-10(9)13)7-11(19)17-8-12(14,15)16/h2-5H,6-8H2,1H3,(H,17,19). The van der Waals surface area contributed by atoms with Crippen molar-refractivity contribution >= 4 is 21.8 Å². The molecule has 0 radical (unpaired) electrons. The van der Waals surface area contributed by atoms with E-state index in [9.17, 15) is 18.0 Å². The molecule has 0 spiro atoms. The lowest BCUT2D eigenvalue weighted by atomic mass is 10.2. The maximum absolute atomic E-state index is 11.9. The van der Waals surface area contributed by atoms with Gasteiger partial charge in [-0.2, -0.15) is 13.2 Å².